The summed E-state index contributed by atoms with van der Waals surface area (Å²) in [7, 11) is 0. The monoisotopic (exact) mass is 331 g/mol. The van der Waals surface area contributed by atoms with Crippen LogP contribution in [0.15, 0.2) is 47.1 Å². The first-order valence-electron chi connectivity index (χ1n) is 6.36. The van der Waals surface area contributed by atoms with Gasteiger partial charge in [0.25, 0.3) is 0 Å². The van der Waals surface area contributed by atoms with Gasteiger partial charge in [0, 0.05) is 12.5 Å². The van der Waals surface area contributed by atoms with Gasteiger partial charge in [-0.05, 0) is 48.4 Å². The van der Waals surface area contributed by atoms with Crippen LogP contribution in [0.1, 0.15) is 23.8 Å². The van der Waals surface area contributed by atoms with Gasteiger partial charge < -0.3 is 4.42 Å². The van der Waals surface area contributed by atoms with E-state index in [4.69, 9.17) is 27.8 Å². The molecule has 5 heteroatoms. The van der Waals surface area contributed by atoms with Gasteiger partial charge in [-0.2, -0.15) is 4.42 Å². The first kappa shape index (κ1) is 15.7. The Kier molecular flexibility index (Phi) is 4.70. The van der Waals surface area contributed by atoms with Crippen molar-refractivity contribution in [2.24, 2.45) is 0 Å². The van der Waals surface area contributed by atoms with Gasteiger partial charge in [-0.1, -0.05) is 35.9 Å². The number of furan rings is 1. The minimum atomic E-state index is -0.756. The molecule has 0 radical (unpaired) electrons. The van der Waals surface area contributed by atoms with Gasteiger partial charge in [0.1, 0.15) is 10.8 Å². The van der Waals surface area contributed by atoms with Crippen molar-refractivity contribution in [3.8, 4) is 0 Å². The molecule has 1 aromatic heterocycles. The third kappa shape index (κ3) is 2.58. The van der Waals surface area contributed by atoms with E-state index in [0.29, 0.717) is 6.42 Å². The van der Waals surface area contributed by atoms with Gasteiger partial charge in [0.2, 0.25) is 0 Å². The summed E-state index contributed by atoms with van der Waals surface area (Å²) in [6.07, 6.45) is 3.12. The molecule has 2 nitrogen and oxygen atoms in total. The third-order valence-corrected chi connectivity index (χ3v) is 4.89. The molecular formula is C15H16Cl3NO. The van der Waals surface area contributed by atoms with E-state index in [2.05, 4.69) is 13.0 Å². The van der Waals surface area contributed by atoms with Crippen molar-refractivity contribution in [3.05, 3.63) is 59.5 Å². The minimum Gasteiger partial charge on any atom is -0.469 e. The maximum Gasteiger partial charge on any atom is 0.142 e. The zero-order valence-electron chi connectivity index (χ0n) is 11.1. The van der Waals surface area contributed by atoms with E-state index in [0.717, 1.165) is 17.7 Å². The summed E-state index contributed by atoms with van der Waals surface area (Å²) in [5.41, 5.74) is 2.33. The molecule has 1 aliphatic rings. The van der Waals surface area contributed by atoms with Crippen molar-refractivity contribution >= 4 is 35.8 Å². The molecule has 0 amide bonds. The predicted molar refractivity (Wildman–Crippen MR) is 84.5 cm³/mol. The van der Waals surface area contributed by atoms with E-state index in [9.17, 15) is 0 Å². The molecule has 0 saturated carbocycles. The van der Waals surface area contributed by atoms with Crippen molar-refractivity contribution in [3.63, 3.8) is 0 Å². The lowest BCUT2D eigenvalue weighted by atomic mass is 9.88. The zero-order chi connectivity index (χ0) is 13.5. The van der Waals surface area contributed by atoms with Crippen LogP contribution in [0, 0.1) is 0 Å². The van der Waals surface area contributed by atoms with Crippen molar-refractivity contribution in [1.82, 2.24) is 4.42 Å². The van der Waals surface area contributed by atoms with Crippen molar-refractivity contribution in [2.45, 2.75) is 30.8 Å². The SMILES string of the molecule is CC1Cc2ccccc2C(Cl)(Cc2ccco2)N1Cl.Cl. The second-order valence-corrected chi connectivity index (χ2v) is 6.03. The number of fused-ring (bicyclic) bond motifs is 1. The van der Waals surface area contributed by atoms with Gasteiger partial charge in [0.05, 0.1) is 6.26 Å². The first-order valence-corrected chi connectivity index (χ1v) is 7.07. The Labute approximate surface area is 135 Å². The number of rotatable bonds is 2. The van der Waals surface area contributed by atoms with Crippen molar-refractivity contribution in [2.75, 3.05) is 0 Å². The largest absolute Gasteiger partial charge is 0.469 e. The van der Waals surface area contributed by atoms with Crippen LogP contribution >= 0.6 is 35.8 Å². The Bertz CT molecular complexity index is 572. The third-order valence-electron chi connectivity index (χ3n) is 3.66. The van der Waals surface area contributed by atoms with Crippen LogP contribution in [-0.2, 0) is 17.8 Å². The first-order chi connectivity index (χ1) is 9.11. The number of hydrogen-bond donors (Lipinski definition) is 0. The average Bonchev–Trinajstić information content (AvgIpc) is 2.89. The Balaban J connectivity index is 0.00000147. The molecule has 2 unspecified atom stereocenters. The van der Waals surface area contributed by atoms with Crippen LogP contribution in [0.4, 0.5) is 0 Å². The normalized spacial score (nSPS) is 25.9. The van der Waals surface area contributed by atoms with Gasteiger partial charge >= 0.3 is 0 Å². The average molecular weight is 333 g/mol. The predicted octanol–water partition coefficient (Wildman–Crippen LogP) is 4.74. The lowest BCUT2D eigenvalue weighted by Gasteiger charge is -2.43. The molecule has 0 fully saturated rings. The van der Waals surface area contributed by atoms with Gasteiger partial charge in [0.15, 0.2) is 0 Å². The molecule has 0 aliphatic carbocycles. The fraction of sp³-hybridized carbons (Fsp3) is 0.333. The number of hydrogen-bond acceptors (Lipinski definition) is 2. The summed E-state index contributed by atoms with van der Waals surface area (Å²) in [4.78, 5) is -0.756. The fourth-order valence-electron chi connectivity index (χ4n) is 2.75. The summed E-state index contributed by atoms with van der Waals surface area (Å²) in [5, 5.41) is 0. The second kappa shape index (κ2) is 5.98. The highest BCUT2D eigenvalue weighted by Gasteiger charge is 2.44. The maximum atomic E-state index is 6.88. The highest BCUT2D eigenvalue weighted by atomic mass is 35.5. The standard InChI is InChI=1S/C15H15Cl2NO.ClH/c1-11-9-12-5-2-3-7-14(12)15(16,18(11)17)10-13-6-4-8-19-13;/h2-8,11H,9-10H2,1H3;1H. The molecule has 0 bridgehead atoms. The fourth-order valence-corrected chi connectivity index (χ4v) is 3.45. The molecule has 2 heterocycles. The molecule has 2 atom stereocenters. The summed E-state index contributed by atoms with van der Waals surface area (Å²) in [6, 6.07) is 12.2. The molecule has 2 aromatic rings. The Morgan fingerprint density at radius 2 is 2.05 bits per heavy atom. The lowest BCUT2D eigenvalue weighted by molar-refractivity contribution is 0.204. The number of nitrogens with zero attached hydrogens (tertiary/aromatic N) is 1. The summed E-state index contributed by atoms with van der Waals surface area (Å²) < 4.78 is 7.15. The number of halogens is 3. The maximum absolute atomic E-state index is 6.88. The van der Waals surface area contributed by atoms with E-state index in [1.54, 1.807) is 10.7 Å². The van der Waals surface area contributed by atoms with E-state index in [1.807, 2.05) is 30.3 Å². The van der Waals surface area contributed by atoms with Crippen LogP contribution in [0.2, 0.25) is 0 Å². The molecule has 0 saturated heterocycles. The Morgan fingerprint density at radius 1 is 1.30 bits per heavy atom. The van der Waals surface area contributed by atoms with E-state index in [1.165, 1.54) is 5.56 Å². The summed E-state index contributed by atoms with van der Waals surface area (Å²) in [6.45, 7) is 2.09. The molecule has 0 spiro atoms. The van der Waals surface area contributed by atoms with Crippen LogP contribution < -0.4 is 0 Å². The topological polar surface area (TPSA) is 16.4 Å². The molecule has 3 rings (SSSR count). The highest BCUT2D eigenvalue weighted by Crippen LogP contribution is 2.45. The highest BCUT2D eigenvalue weighted by molar-refractivity contribution is 6.28. The summed E-state index contributed by atoms with van der Waals surface area (Å²) in [5.74, 6) is 0.838. The van der Waals surface area contributed by atoms with Crippen LogP contribution in [0.5, 0.6) is 0 Å². The van der Waals surface area contributed by atoms with Crippen molar-refractivity contribution < 1.29 is 4.42 Å². The van der Waals surface area contributed by atoms with Crippen LogP contribution in [0.3, 0.4) is 0 Å². The van der Waals surface area contributed by atoms with E-state index >= 15 is 0 Å². The summed E-state index contributed by atoms with van der Waals surface area (Å²) >= 11 is 13.4. The zero-order valence-corrected chi connectivity index (χ0v) is 13.4. The Morgan fingerprint density at radius 3 is 2.75 bits per heavy atom. The minimum absolute atomic E-state index is 0. The van der Waals surface area contributed by atoms with Crippen molar-refractivity contribution in [1.29, 1.82) is 0 Å². The van der Waals surface area contributed by atoms with Gasteiger partial charge in [-0.3, -0.25) is 0 Å². The second-order valence-electron chi connectivity index (χ2n) is 5.04. The van der Waals surface area contributed by atoms with Crippen LogP contribution in [-0.4, -0.2) is 10.5 Å². The molecule has 20 heavy (non-hydrogen) atoms. The van der Waals surface area contributed by atoms with Crippen LogP contribution in [0.25, 0.3) is 0 Å². The molecule has 0 N–H and O–H groups in total. The van der Waals surface area contributed by atoms with Gasteiger partial charge in [-0.15, -0.1) is 12.4 Å². The number of benzene rings is 1. The molecule has 1 aliphatic heterocycles. The van der Waals surface area contributed by atoms with Gasteiger partial charge in [-0.25, -0.2) is 0 Å². The molecular weight excluding hydrogens is 317 g/mol. The molecule has 1 aromatic carbocycles. The van der Waals surface area contributed by atoms with E-state index in [-0.39, 0.29) is 18.4 Å². The van der Waals surface area contributed by atoms with E-state index < -0.39 is 5.00 Å². The quantitative estimate of drug-likeness (QED) is 0.449. The molecule has 108 valence electrons. The Hall–Kier alpha value is -0.670. The lowest BCUT2D eigenvalue weighted by Crippen LogP contribution is -2.47. The smallest absolute Gasteiger partial charge is 0.142 e. The number of alkyl halides is 1.